The number of amides is 3. The van der Waals surface area contributed by atoms with Gasteiger partial charge in [0.25, 0.3) is 5.91 Å². The number of carbonyl (C=O) groups is 3. The Hall–Kier alpha value is -4.71. The van der Waals surface area contributed by atoms with Gasteiger partial charge in [0.15, 0.2) is 6.61 Å². The second kappa shape index (κ2) is 8.91. The molecule has 1 fully saturated rings. The topological polar surface area (TPSA) is 126 Å². The Labute approximate surface area is 200 Å². The number of anilines is 1. The lowest BCUT2D eigenvalue weighted by Gasteiger charge is -2.19. The summed E-state index contributed by atoms with van der Waals surface area (Å²) in [5.74, 6) is -1.17. The number of benzene rings is 3. The van der Waals surface area contributed by atoms with Crippen LogP contribution in [0.4, 0.5) is 5.69 Å². The van der Waals surface area contributed by atoms with Gasteiger partial charge in [0.1, 0.15) is 17.3 Å². The van der Waals surface area contributed by atoms with Gasteiger partial charge in [-0.1, -0.05) is 42.5 Å². The van der Waals surface area contributed by atoms with Crippen LogP contribution in [0.3, 0.4) is 0 Å². The van der Waals surface area contributed by atoms with Crippen LogP contribution in [0.5, 0.6) is 5.75 Å². The Bertz CT molecular complexity index is 1550. The maximum Gasteiger partial charge on any atom is 0.262 e. The van der Waals surface area contributed by atoms with Crippen molar-refractivity contribution < 1.29 is 19.1 Å². The Balaban J connectivity index is 1.39. The first-order valence-electron chi connectivity index (χ1n) is 11.1. The lowest BCUT2D eigenvalue weighted by Crippen LogP contribution is -2.39. The molecule has 0 spiro atoms. The van der Waals surface area contributed by atoms with Crippen molar-refractivity contribution in [3.63, 3.8) is 0 Å². The number of aromatic nitrogens is 2. The van der Waals surface area contributed by atoms with Gasteiger partial charge in [-0.05, 0) is 23.9 Å². The maximum absolute atomic E-state index is 12.8. The lowest BCUT2D eigenvalue weighted by atomic mass is 9.93. The molecule has 0 radical (unpaired) electrons. The molecule has 1 saturated heterocycles. The number of nitriles is 1. The van der Waals surface area contributed by atoms with Crippen LogP contribution in [0.1, 0.15) is 30.0 Å². The first-order valence-corrected chi connectivity index (χ1v) is 11.1. The zero-order chi connectivity index (χ0) is 24.5. The number of carbonyl (C=O) groups excluding carboxylic acids is 3. The summed E-state index contributed by atoms with van der Waals surface area (Å²) in [6, 6.07) is 18.4. The molecule has 174 valence electrons. The number of fused-ring (bicyclic) bond motifs is 2. The number of rotatable bonds is 5. The predicted octanol–water partition coefficient (Wildman–Crippen LogP) is 3.14. The molecule has 9 nitrogen and oxygen atoms in total. The fourth-order valence-corrected chi connectivity index (χ4v) is 4.47. The molecule has 0 aliphatic carbocycles. The molecule has 3 aromatic carbocycles. The maximum atomic E-state index is 12.8. The van der Waals surface area contributed by atoms with Gasteiger partial charge >= 0.3 is 0 Å². The molecule has 1 unspecified atom stereocenters. The number of ether oxygens (including phenoxy) is 1. The van der Waals surface area contributed by atoms with Crippen molar-refractivity contribution in [1.82, 2.24) is 15.1 Å². The van der Waals surface area contributed by atoms with Crippen LogP contribution in [0, 0.1) is 11.3 Å². The number of piperidine rings is 1. The molecule has 9 heteroatoms. The summed E-state index contributed by atoms with van der Waals surface area (Å²) in [4.78, 5) is 36.7. The van der Waals surface area contributed by atoms with E-state index in [1.807, 2.05) is 36.4 Å². The summed E-state index contributed by atoms with van der Waals surface area (Å²) in [7, 11) is 1.74. The Morgan fingerprint density at radius 1 is 1.17 bits per heavy atom. The number of hydrogen-bond acceptors (Lipinski definition) is 6. The number of nitrogens with one attached hydrogen (secondary N) is 2. The zero-order valence-electron chi connectivity index (χ0n) is 18.9. The average molecular weight is 467 g/mol. The van der Waals surface area contributed by atoms with Crippen molar-refractivity contribution >= 4 is 45.1 Å². The number of hydrogen-bond donors (Lipinski definition) is 2. The van der Waals surface area contributed by atoms with Crippen LogP contribution in [0.15, 0.2) is 54.6 Å². The highest BCUT2D eigenvalue weighted by Crippen LogP contribution is 2.34. The molecule has 1 aliphatic heterocycles. The standard InChI is InChI=1S/C26H21N5O4/c1-31-25-18(24(30-31)19-11-12-21(32)29-26(19)34)7-4-8-20(25)35-14-22(33)28-23-16(13-27)10-9-15-5-2-3-6-17(15)23/h2-10,19H,11-12,14H2,1H3,(H,28,33)(H,29,32,34). The van der Waals surface area contributed by atoms with Crippen molar-refractivity contribution in [3.8, 4) is 11.8 Å². The Morgan fingerprint density at radius 2 is 1.97 bits per heavy atom. The lowest BCUT2D eigenvalue weighted by molar-refractivity contribution is -0.134. The fraction of sp³-hybridized carbons (Fsp3) is 0.192. The third-order valence-electron chi connectivity index (χ3n) is 6.10. The SMILES string of the molecule is Cn1nc(C2CCC(=O)NC2=O)c2cccc(OCC(=O)Nc3c(C#N)ccc4ccccc34)c21. The molecule has 2 N–H and O–H groups in total. The molecular formula is C26H21N5O4. The molecule has 1 aliphatic rings. The molecule has 0 saturated carbocycles. The van der Waals surface area contributed by atoms with Gasteiger partial charge in [0.2, 0.25) is 11.8 Å². The highest BCUT2D eigenvalue weighted by Gasteiger charge is 2.32. The fourth-order valence-electron chi connectivity index (χ4n) is 4.47. The summed E-state index contributed by atoms with van der Waals surface area (Å²) in [6.45, 7) is -0.286. The van der Waals surface area contributed by atoms with Crippen molar-refractivity contribution in [2.24, 2.45) is 7.05 Å². The van der Waals surface area contributed by atoms with Crippen LogP contribution in [0.25, 0.3) is 21.7 Å². The minimum atomic E-state index is -0.536. The number of nitrogens with zero attached hydrogens (tertiary/aromatic N) is 3. The monoisotopic (exact) mass is 467 g/mol. The predicted molar refractivity (Wildman–Crippen MR) is 129 cm³/mol. The van der Waals surface area contributed by atoms with Crippen LogP contribution < -0.4 is 15.4 Å². The quantitative estimate of drug-likeness (QED) is 0.434. The highest BCUT2D eigenvalue weighted by molar-refractivity contribution is 6.05. The van der Waals surface area contributed by atoms with Crippen molar-refractivity contribution in [3.05, 3.63) is 65.9 Å². The van der Waals surface area contributed by atoms with Gasteiger partial charge in [-0.3, -0.25) is 24.4 Å². The minimum absolute atomic E-state index is 0.254. The first kappa shape index (κ1) is 22.1. The summed E-state index contributed by atoms with van der Waals surface area (Å²) < 4.78 is 7.47. The third kappa shape index (κ3) is 4.06. The van der Waals surface area contributed by atoms with E-state index in [2.05, 4.69) is 21.8 Å². The van der Waals surface area contributed by atoms with Gasteiger partial charge in [0, 0.05) is 24.2 Å². The van der Waals surface area contributed by atoms with Gasteiger partial charge in [-0.15, -0.1) is 0 Å². The Morgan fingerprint density at radius 3 is 2.77 bits per heavy atom. The summed E-state index contributed by atoms with van der Waals surface area (Å²) in [6.07, 6.45) is 0.639. The van der Waals surface area contributed by atoms with Gasteiger partial charge in [-0.25, -0.2) is 0 Å². The van der Waals surface area contributed by atoms with Crippen molar-refractivity contribution in [2.75, 3.05) is 11.9 Å². The molecule has 4 aromatic rings. The van der Waals surface area contributed by atoms with E-state index in [4.69, 9.17) is 4.74 Å². The number of para-hydroxylation sites is 1. The van der Waals surface area contributed by atoms with Crippen LogP contribution in [0.2, 0.25) is 0 Å². The number of imide groups is 1. The highest BCUT2D eigenvalue weighted by atomic mass is 16.5. The van der Waals surface area contributed by atoms with Gasteiger partial charge in [0.05, 0.1) is 22.9 Å². The van der Waals surface area contributed by atoms with Crippen LogP contribution >= 0.6 is 0 Å². The molecule has 1 aromatic heterocycles. The van der Waals surface area contributed by atoms with Crippen molar-refractivity contribution in [2.45, 2.75) is 18.8 Å². The second-order valence-corrected chi connectivity index (χ2v) is 8.32. The van der Waals surface area contributed by atoms with Gasteiger partial charge in [-0.2, -0.15) is 10.4 Å². The summed E-state index contributed by atoms with van der Waals surface area (Å²) >= 11 is 0. The summed E-state index contributed by atoms with van der Waals surface area (Å²) in [5, 5.41) is 21.6. The van der Waals surface area contributed by atoms with E-state index in [-0.39, 0.29) is 24.8 Å². The van der Waals surface area contributed by atoms with Crippen molar-refractivity contribution in [1.29, 1.82) is 5.26 Å². The van der Waals surface area contributed by atoms with E-state index < -0.39 is 11.8 Å². The third-order valence-corrected chi connectivity index (χ3v) is 6.10. The second-order valence-electron chi connectivity index (χ2n) is 8.32. The van der Waals surface area contributed by atoms with E-state index in [1.165, 1.54) is 0 Å². The molecular weight excluding hydrogens is 446 g/mol. The van der Waals surface area contributed by atoms with E-state index in [0.29, 0.717) is 34.6 Å². The normalized spacial score (nSPS) is 15.6. The minimum Gasteiger partial charge on any atom is -0.481 e. The smallest absolute Gasteiger partial charge is 0.262 e. The molecule has 5 rings (SSSR count). The van der Waals surface area contributed by atoms with E-state index in [1.54, 1.807) is 29.9 Å². The van der Waals surface area contributed by atoms with E-state index in [0.717, 1.165) is 16.2 Å². The molecule has 35 heavy (non-hydrogen) atoms. The summed E-state index contributed by atoms with van der Waals surface area (Å²) in [5.41, 5.74) is 2.01. The largest absolute Gasteiger partial charge is 0.481 e. The molecule has 2 heterocycles. The van der Waals surface area contributed by atoms with E-state index in [9.17, 15) is 19.6 Å². The average Bonchev–Trinajstić information content (AvgIpc) is 3.19. The molecule has 3 amide bonds. The first-order chi connectivity index (χ1) is 17.0. The number of aryl methyl sites for hydroxylation is 1. The molecule has 0 bridgehead atoms. The molecule has 1 atom stereocenters. The van der Waals surface area contributed by atoms with Gasteiger partial charge < -0.3 is 10.1 Å². The van der Waals surface area contributed by atoms with Crippen LogP contribution in [-0.4, -0.2) is 34.1 Å². The Kier molecular flexibility index (Phi) is 5.63. The van der Waals surface area contributed by atoms with E-state index >= 15 is 0 Å². The zero-order valence-corrected chi connectivity index (χ0v) is 18.9. The van der Waals surface area contributed by atoms with Crippen LogP contribution in [-0.2, 0) is 21.4 Å².